The Balaban J connectivity index is 1.52. The molecule has 3 aromatic carbocycles. The largest absolute Gasteiger partial charge is 0.341 e. The van der Waals surface area contributed by atoms with Crippen molar-refractivity contribution in [2.24, 2.45) is 0 Å². The molecule has 1 amide bonds. The van der Waals surface area contributed by atoms with Gasteiger partial charge in [-0.3, -0.25) is 4.79 Å². The molecule has 0 spiro atoms. The van der Waals surface area contributed by atoms with Crippen molar-refractivity contribution < 1.29 is 4.79 Å². The van der Waals surface area contributed by atoms with E-state index in [-0.39, 0.29) is 5.91 Å². The highest BCUT2D eigenvalue weighted by atomic mass is 35.5. The predicted molar refractivity (Wildman–Crippen MR) is 127 cm³/mol. The molecule has 4 aromatic rings. The molecule has 0 saturated carbocycles. The van der Waals surface area contributed by atoms with Crippen LogP contribution in [0, 0.1) is 0 Å². The van der Waals surface area contributed by atoms with Gasteiger partial charge in [-0.1, -0.05) is 71.7 Å². The minimum absolute atomic E-state index is 0.0992. The van der Waals surface area contributed by atoms with Crippen LogP contribution in [0.4, 0.5) is 0 Å². The number of aryl methyl sites for hydroxylation is 1. The molecular weight excluding hydrogens is 429 g/mol. The fourth-order valence-electron chi connectivity index (χ4n) is 3.69. The molecule has 1 aromatic heterocycles. The molecule has 158 valence electrons. The van der Waals surface area contributed by atoms with E-state index in [1.807, 2.05) is 73.8 Å². The highest BCUT2D eigenvalue weighted by Gasteiger charge is 2.15. The number of carbonyl (C=O) groups is 1. The molecular formula is C25H23Cl2N3O. The van der Waals surface area contributed by atoms with Crippen LogP contribution >= 0.6 is 23.2 Å². The lowest BCUT2D eigenvalue weighted by molar-refractivity contribution is -0.130. The Morgan fingerprint density at radius 1 is 0.935 bits per heavy atom. The Morgan fingerprint density at radius 2 is 1.68 bits per heavy atom. The molecule has 0 fully saturated rings. The van der Waals surface area contributed by atoms with E-state index < -0.39 is 0 Å². The number of hydrogen-bond acceptors (Lipinski definition) is 2. The third-order valence-electron chi connectivity index (χ3n) is 5.32. The first-order valence-electron chi connectivity index (χ1n) is 10.2. The summed E-state index contributed by atoms with van der Waals surface area (Å²) in [6.07, 6.45) is 1.01. The number of halogens is 2. The van der Waals surface area contributed by atoms with Gasteiger partial charge in [0.2, 0.25) is 5.91 Å². The van der Waals surface area contributed by atoms with Crippen LogP contribution in [0.5, 0.6) is 0 Å². The molecule has 0 atom stereocenters. The highest BCUT2D eigenvalue weighted by Crippen LogP contribution is 2.25. The van der Waals surface area contributed by atoms with E-state index >= 15 is 0 Å². The van der Waals surface area contributed by atoms with Gasteiger partial charge in [0.1, 0.15) is 5.82 Å². The maximum absolute atomic E-state index is 12.8. The quantitative estimate of drug-likeness (QED) is 0.346. The summed E-state index contributed by atoms with van der Waals surface area (Å²) in [7, 11) is 1.85. The van der Waals surface area contributed by atoms with Gasteiger partial charge in [-0.15, -0.1) is 0 Å². The lowest BCUT2D eigenvalue weighted by Gasteiger charge is -2.18. The van der Waals surface area contributed by atoms with Crippen LogP contribution in [0.3, 0.4) is 0 Å². The number of nitrogens with zero attached hydrogens (tertiary/aromatic N) is 3. The lowest BCUT2D eigenvalue weighted by atomic mass is 10.1. The monoisotopic (exact) mass is 451 g/mol. The first-order chi connectivity index (χ1) is 15.0. The summed E-state index contributed by atoms with van der Waals surface area (Å²) in [5, 5.41) is 1.06. The van der Waals surface area contributed by atoms with E-state index in [9.17, 15) is 4.79 Å². The molecule has 0 unspecified atom stereocenters. The summed E-state index contributed by atoms with van der Waals surface area (Å²) in [5.41, 5.74) is 4.09. The van der Waals surface area contributed by atoms with Gasteiger partial charge >= 0.3 is 0 Å². The second-order valence-electron chi connectivity index (χ2n) is 7.58. The molecule has 0 aliphatic carbocycles. The number of para-hydroxylation sites is 2. The molecule has 0 aliphatic heterocycles. The summed E-state index contributed by atoms with van der Waals surface area (Å²) in [6.45, 7) is 1.16. The normalized spacial score (nSPS) is 11.1. The maximum atomic E-state index is 12.8. The second kappa shape index (κ2) is 9.54. The zero-order valence-electron chi connectivity index (χ0n) is 17.3. The van der Waals surface area contributed by atoms with Crippen LogP contribution in [0.15, 0.2) is 72.8 Å². The number of carbonyl (C=O) groups excluding carboxylic acids is 1. The average molecular weight is 452 g/mol. The molecule has 4 nitrogen and oxygen atoms in total. The van der Waals surface area contributed by atoms with Crippen molar-refractivity contribution in [3.8, 4) is 0 Å². The van der Waals surface area contributed by atoms with E-state index in [1.165, 1.54) is 0 Å². The van der Waals surface area contributed by atoms with Crippen molar-refractivity contribution in [1.82, 2.24) is 14.5 Å². The van der Waals surface area contributed by atoms with Gasteiger partial charge in [0.15, 0.2) is 0 Å². The van der Waals surface area contributed by atoms with Crippen molar-refractivity contribution in [2.75, 3.05) is 7.05 Å². The first-order valence-corrected chi connectivity index (χ1v) is 10.9. The van der Waals surface area contributed by atoms with E-state index in [0.29, 0.717) is 36.0 Å². The molecule has 4 rings (SSSR count). The number of imidazole rings is 1. The predicted octanol–water partition coefficient (Wildman–Crippen LogP) is 5.98. The summed E-state index contributed by atoms with van der Waals surface area (Å²) < 4.78 is 2.13. The van der Waals surface area contributed by atoms with Crippen molar-refractivity contribution >= 4 is 40.1 Å². The zero-order chi connectivity index (χ0) is 21.8. The number of rotatable bonds is 7. The van der Waals surface area contributed by atoms with Gasteiger partial charge in [0, 0.05) is 33.0 Å². The Labute approximate surface area is 192 Å². The van der Waals surface area contributed by atoms with Crippen LogP contribution in [-0.2, 0) is 24.3 Å². The Hall–Kier alpha value is -2.82. The van der Waals surface area contributed by atoms with E-state index in [1.54, 1.807) is 11.0 Å². The third kappa shape index (κ3) is 5.09. The first kappa shape index (κ1) is 21.4. The van der Waals surface area contributed by atoms with Crippen molar-refractivity contribution in [3.05, 3.63) is 99.8 Å². The van der Waals surface area contributed by atoms with E-state index in [0.717, 1.165) is 28.0 Å². The topological polar surface area (TPSA) is 38.1 Å². The van der Waals surface area contributed by atoms with Crippen molar-refractivity contribution in [3.63, 3.8) is 0 Å². The second-order valence-corrected chi connectivity index (χ2v) is 8.39. The van der Waals surface area contributed by atoms with E-state index in [2.05, 4.69) is 4.57 Å². The van der Waals surface area contributed by atoms with Gasteiger partial charge in [-0.25, -0.2) is 4.98 Å². The summed E-state index contributed by atoms with van der Waals surface area (Å²) in [6, 6.07) is 23.6. The molecule has 1 heterocycles. The minimum atomic E-state index is 0.0992. The molecule has 0 radical (unpaired) electrons. The van der Waals surface area contributed by atoms with E-state index in [4.69, 9.17) is 28.2 Å². The summed E-state index contributed by atoms with van der Waals surface area (Å²) in [5.74, 6) is 1.00. The average Bonchev–Trinajstić information content (AvgIpc) is 3.12. The fourth-order valence-corrected chi connectivity index (χ4v) is 4.01. The van der Waals surface area contributed by atoms with Crippen LogP contribution < -0.4 is 0 Å². The minimum Gasteiger partial charge on any atom is -0.341 e. The molecule has 31 heavy (non-hydrogen) atoms. The standard InChI is InChI=1S/C25H23Cl2N3O/c1-29(17-18-7-3-2-4-8-18)25(31)13-14-30-23-10-6-5-9-22(23)28-24(30)16-19-11-12-20(26)21(27)15-19/h2-12,15H,13-14,16-17H2,1H3. The van der Waals surface area contributed by atoms with Crippen LogP contribution in [0.25, 0.3) is 11.0 Å². The van der Waals surface area contributed by atoms with Crippen molar-refractivity contribution in [1.29, 1.82) is 0 Å². The molecule has 0 aliphatic rings. The van der Waals surface area contributed by atoms with Crippen LogP contribution in [0.1, 0.15) is 23.4 Å². The number of aromatic nitrogens is 2. The van der Waals surface area contributed by atoms with Crippen LogP contribution in [-0.4, -0.2) is 27.4 Å². The molecule has 6 heteroatoms. The molecule has 0 N–H and O–H groups in total. The van der Waals surface area contributed by atoms with Crippen LogP contribution in [0.2, 0.25) is 10.0 Å². The maximum Gasteiger partial charge on any atom is 0.224 e. The Bertz CT molecular complexity index is 1200. The SMILES string of the molecule is CN(Cc1ccccc1)C(=O)CCn1c(Cc2ccc(Cl)c(Cl)c2)nc2ccccc21. The molecule has 0 saturated heterocycles. The smallest absolute Gasteiger partial charge is 0.224 e. The fraction of sp³-hybridized carbons (Fsp3) is 0.200. The molecule has 0 bridgehead atoms. The van der Waals surface area contributed by atoms with Gasteiger partial charge in [-0.05, 0) is 35.4 Å². The number of fused-ring (bicyclic) bond motifs is 1. The number of amides is 1. The Kier molecular flexibility index (Phi) is 6.59. The number of benzene rings is 3. The van der Waals surface area contributed by atoms with Gasteiger partial charge in [0.25, 0.3) is 0 Å². The highest BCUT2D eigenvalue weighted by molar-refractivity contribution is 6.42. The van der Waals surface area contributed by atoms with Crippen molar-refractivity contribution in [2.45, 2.75) is 25.9 Å². The summed E-state index contributed by atoms with van der Waals surface area (Å²) in [4.78, 5) is 19.4. The number of hydrogen-bond donors (Lipinski definition) is 0. The van der Waals surface area contributed by atoms with Gasteiger partial charge in [-0.2, -0.15) is 0 Å². The lowest BCUT2D eigenvalue weighted by Crippen LogP contribution is -2.27. The summed E-state index contributed by atoms with van der Waals surface area (Å²) >= 11 is 12.2. The zero-order valence-corrected chi connectivity index (χ0v) is 18.8. The van der Waals surface area contributed by atoms with Gasteiger partial charge < -0.3 is 9.47 Å². The Morgan fingerprint density at radius 3 is 2.45 bits per heavy atom. The third-order valence-corrected chi connectivity index (χ3v) is 6.06. The van der Waals surface area contributed by atoms with Gasteiger partial charge in [0.05, 0.1) is 21.1 Å².